The number of hydrogen-bond acceptors (Lipinski definition) is 6. The number of aromatic nitrogens is 4. The molecule has 32 heavy (non-hydrogen) atoms. The number of piperazine rings is 1. The number of anilines is 2. The molecule has 3 aromatic rings. The van der Waals surface area contributed by atoms with Gasteiger partial charge in [0, 0.05) is 31.9 Å². The Morgan fingerprint density at radius 2 is 1.88 bits per heavy atom. The molecule has 2 aromatic heterocycles. The maximum atomic E-state index is 13.3. The smallest absolute Gasteiger partial charge is 0.321 e. The number of rotatable bonds is 5. The topological polar surface area (TPSA) is 108 Å². The van der Waals surface area contributed by atoms with Gasteiger partial charge in [0.2, 0.25) is 5.91 Å². The lowest BCUT2D eigenvalue weighted by molar-refractivity contribution is -0.121. The fourth-order valence-corrected chi connectivity index (χ4v) is 3.42. The summed E-state index contributed by atoms with van der Waals surface area (Å²) in [5.41, 5.74) is 0.993. The lowest BCUT2D eigenvalue weighted by Crippen LogP contribution is -2.54. The summed E-state index contributed by atoms with van der Waals surface area (Å²) in [6.45, 7) is 3.86. The Morgan fingerprint density at radius 3 is 2.53 bits per heavy atom. The summed E-state index contributed by atoms with van der Waals surface area (Å²) in [4.78, 5) is 36.9. The van der Waals surface area contributed by atoms with E-state index in [4.69, 9.17) is 0 Å². The molecule has 0 saturated carbocycles. The third-order valence-electron chi connectivity index (χ3n) is 5.27. The number of hydrogen-bond donors (Lipinski definition) is 2. The molecule has 1 aliphatic heterocycles. The average Bonchev–Trinajstić information content (AvgIpc) is 3.34. The summed E-state index contributed by atoms with van der Waals surface area (Å²) in [7, 11) is 0. The van der Waals surface area contributed by atoms with Gasteiger partial charge in [-0.1, -0.05) is 6.07 Å². The van der Waals surface area contributed by atoms with Gasteiger partial charge in [0.25, 0.3) is 0 Å². The number of carbonyl (C=O) groups is 2. The third-order valence-corrected chi connectivity index (χ3v) is 5.27. The van der Waals surface area contributed by atoms with Gasteiger partial charge in [-0.15, -0.1) is 0 Å². The van der Waals surface area contributed by atoms with Crippen molar-refractivity contribution < 1.29 is 14.0 Å². The number of halogens is 1. The van der Waals surface area contributed by atoms with E-state index in [-0.39, 0.29) is 11.9 Å². The van der Waals surface area contributed by atoms with E-state index in [2.05, 4.69) is 25.7 Å². The second-order valence-electron chi connectivity index (χ2n) is 7.37. The number of nitrogens with one attached hydrogen (secondary N) is 2. The van der Waals surface area contributed by atoms with Crippen LogP contribution in [0.3, 0.4) is 0 Å². The van der Waals surface area contributed by atoms with Crippen LogP contribution < -0.4 is 10.6 Å². The molecule has 1 saturated heterocycles. The second-order valence-corrected chi connectivity index (χ2v) is 7.37. The minimum Gasteiger partial charge on any atom is -0.325 e. The maximum absolute atomic E-state index is 13.3. The van der Waals surface area contributed by atoms with Gasteiger partial charge in [0.1, 0.15) is 18.5 Å². The summed E-state index contributed by atoms with van der Waals surface area (Å²) in [5, 5.41) is 9.57. The predicted molar refractivity (Wildman–Crippen MR) is 116 cm³/mol. The van der Waals surface area contributed by atoms with E-state index in [1.165, 1.54) is 23.1 Å². The molecule has 11 heteroatoms. The van der Waals surface area contributed by atoms with Crippen molar-refractivity contribution in [2.75, 3.05) is 36.8 Å². The van der Waals surface area contributed by atoms with Crippen molar-refractivity contribution in [1.29, 1.82) is 0 Å². The van der Waals surface area contributed by atoms with Crippen LogP contribution in [0, 0.1) is 5.82 Å². The molecule has 166 valence electrons. The molecule has 0 unspecified atom stereocenters. The summed E-state index contributed by atoms with van der Waals surface area (Å²) in [6.07, 6.45) is 4.52. The number of nitrogens with zero attached hydrogens (tertiary/aromatic N) is 6. The minimum atomic E-state index is -0.406. The average molecular weight is 438 g/mol. The first kappa shape index (κ1) is 21.4. The first-order valence-corrected chi connectivity index (χ1v) is 10.2. The van der Waals surface area contributed by atoms with Gasteiger partial charge < -0.3 is 15.5 Å². The van der Waals surface area contributed by atoms with Gasteiger partial charge in [-0.05, 0) is 37.3 Å². The number of amides is 3. The van der Waals surface area contributed by atoms with Gasteiger partial charge in [-0.25, -0.2) is 23.8 Å². The largest absolute Gasteiger partial charge is 0.325 e. The van der Waals surface area contributed by atoms with E-state index in [9.17, 15) is 14.0 Å². The third kappa shape index (κ3) is 5.06. The standard InChI is InChI=1S/C21H23FN8O2/c1-15(20(31)26-17-4-2-3-16(22)11-17)28-7-9-29(10-8-28)21(32)27-18-5-6-19(24-12-18)30-14-23-13-25-30/h2-6,11-15H,7-10H2,1H3,(H,26,31)(H,27,32)/t15-/m1/s1. The highest BCUT2D eigenvalue weighted by Crippen LogP contribution is 2.14. The van der Waals surface area contributed by atoms with Crippen molar-refractivity contribution in [3.63, 3.8) is 0 Å². The van der Waals surface area contributed by atoms with Crippen LogP contribution in [0.5, 0.6) is 0 Å². The van der Waals surface area contributed by atoms with E-state index >= 15 is 0 Å². The lowest BCUT2D eigenvalue weighted by Gasteiger charge is -2.37. The molecule has 0 bridgehead atoms. The number of pyridine rings is 1. The molecule has 1 fully saturated rings. The van der Waals surface area contributed by atoms with Crippen molar-refractivity contribution in [3.05, 3.63) is 61.1 Å². The van der Waals surface area contributed by atoms with E-state index in [1.807, 2.05) is 4.90 Å². The first-order valence-electron chi connectivity index (χ1n) is 10.2. The molecular weight excluding hydrogens is 415 g/mol. The molecule has 4 rings (SSSR count). The molecule has 3 amide bonds. The highest BCUT2D eigenvalue weighted by molar-refractivity contribution is 5.94. The molecule has 3 heterocycles. The summed E-state index contributed by atoms with van der Waals surface area (Å²) >= 11 is 0. The Labute approximate surface area is 184 Å². The van der Waals surface area contributed by atoms with Crippen LogP contribution in [0.1, 0.15) is 6.92 Å². The van der Waals surface area contributed by atoms with E-state index in [0.717, 1.165) is 0 Å². The van der Waals surface area contributed by atoms with Crippen LogP contribution in [0.2, 0.25) is 0 Å². The van der Waals surface area contributed by atoms with Crippen molar-refractivity contribution in [3.8, 4) is 5.82 Å². The highest BCUT2D eigenvalue weighted by atomic mass is 19.1. The SMILES string of the molecule is C[C@H](C(=O)Nc1cccc(F)c1)N1CCN(C(=O)Nc2ccc(-n3cncn3)nc2)CC1. The van der Waals surface area contributed by atoms with Crippen molar-refractivity contribution >= 4 is 23.3 Å². The molecule has 1 aromatic carbocycles. The lowest BCUT2D eigenvalue weighted by atomic mass is 10.2. The van der Waals surface area contributed by atoms with Crippen LogP contribution in [0.4, 0.5) is 20.6 Å². The monoisotopic (exact) mass is 438 g/mol. The number of carbonyl (C=O) groups excluding carboxylic acids is 2. The molecule has 1 aliphatic rings. The van der Waals surface area contributed by atoms with Gasteiger partial charge in [0.15, 0.2) is 5.82 Å². The fourth-order valence-electron chi connectivity index (χ4n) is 3.42. The zero-order valence-corrected chi connectivity index (χ0v) is 17.5. The molecular formula is C21H23FN8O2. The van der Waals surface area contributed by atoms with Crippen LogP contribution in [0.15, 0.2) is 55.2 Å². The Kier molecular flexibility index (Phi) is 6.36. The van der Waals surface area contributed by atoms with Crippen molar-refractivity contribution in [1.82, 2.24) is 29.5 Å². The van der Waals surface area contributed by atoms with Crippen LogP contribution in [-0.2, 0) is 4.79 Å². The second kappa shape index (κ2) is 9.52. The highest BCUT2D eigenvalue weighted by Gasteiger charge is 2.27. The summed E-state index contributed by atoms with van der Waals surface area (Å²) < 4.78 is 14.8. The molecule has 0 spiro atoms. The quantitative estimate of drug-likeness (QED) is 0.631. The predicted octanol–water partition coefficient (Wildman–Crippen LogP) is 1.98. The Morgan fingerprint density at radius 1 is 1.06 bits per heavy atom. The Hall–Kier alpha value is -3.86. The normalized spacial score (nSPS) is 15.2. The fraction of sp³-hybridized carbons (Fsp3) is 0.286. The number of urea groups is 1. The van der Waals surface area contributed by atoms with E-state index in [0.29, 0.717) is 43.4 Å². The molecule has 10 nitrogen and oxygen atoms in total. The molecule has 0 aliphatic carbocycles. The molecule has 2 N–H and O–H groups in total. The van der Waals surface area contributed by atoms with Crippen LogP contribution >= 0.6 is 0 Å². The summed E-state index contributed by atoms with van der Waals surface area (Å²) in [5.74, 6) is -0.0232. The Balaban J connectivity index is 1.26. The van der Waals surface area contributed by atoms with E-state index < -0.39 is 11.9 Å². The van der Waals surface area contributed by atoms with Gasteiger partial charge in [-0.3, -0.25) is 9.69 Å². The zero-order valence-electron chi connectivity index (χ0n) is 17.5. The van der Waals surface area contributed by atoms with Crippen molar-refractivity contribution in [2.45, 2.75) is 13.0 Å². The van der Waals surface area contributed by atoms with Crippen LogP contribution in [-0.4, -0.2) is 73.7 Å². The molecule has 0 radical (unpaired) electrons. The number of benzene rings is 1. The van der Waals surface area contributed by atoms with Gasteiger partial charge in [0.05, 0.1) is 17.9 Å². The minimum absolute atomic E-state index is 0.216. The Bertz CT molecular complexity index is 1070. The van der Waals surface area contributed by atoms with Gasteiger partial charge in [-0.2, -0.15) is 5.10 Å². The van der Waals surface area contributed by atoms with Crippen molar-refractivity contribution in [2.24, 2.45) is 0 Å². The van der Waals surface area contributed by atoms with Gasteiger partial charge >= 0.3 is 6.03 Å². The van der Waals surface area contributed by atoms with Crippen LogP contribution in [0.25, 0.3) is 5.82 Å². The van der Waals surface area contributed by atoms with E-state index in [1.54, 1.807) is 48.6 Å². The summed E-state index contributed by atoms with van der Waals surface area (Å²) in [6, 6.07) is 8.64. The first-order chi connectivity index (χ1) is 15.5. The zero-order chi connectivity index (χ0) is 22.5. The molecule has 1 atom stereocenters. The maximum Gasteiger partial charge on any atom is 0.321 e.